The van der Waals surface area contributed by atoms with Crippen LogP contribution in [0.4, 0.5) is 4.79 Å². The predicted molar refractivity (Wildman–Crippen MR) is 73.0 cm³/mol. The molecule has 0 radical (unpaired) electrons. The first-order chi connectivity index (χ1) is 9.17. The van der Waals surface area contributed by atoms with E-state index < -0.39 is 17.3 Å². The molecule has 7 nitrogen and oxygen atoms in total. The molecule has 1 aliphatic heterocycles. The number of nitrogens with zero attached hydrogens (tertiary/aromatic N) is 2. The van der Waals surface area contributed by atoms with Gasteiger partial charge in [-0.05, 0) is 27.2 Å². The number of carbonyl (C=O) groups is 3. The van der Waals surface area contributed by atoms with Crippen molar-refractivity contribution in [3.8, 4) is 0 Å². The number of hydrogen-bond acceptors (Lipinski definition) is 3. The van der Waals surface area contributed by atoms with Crippen molar-refractivity contribution >= 4 is 17.9 Å². The third kappa shape index (κ3) is 3.61. The molecule has 1 saturated heterocycles. The van der Waals surface area contributed by atoms with Gasteiger partial charge in [-0.3, -0.25) is 9.59 Å². The number of hydrogen-bond donors (Lipinski definition) is 2. The molecule has 1 heterocycles. The topological polar surface area (TPSA) is 104 Å². The molecular weight excluding hydrogens is 262 g/mol. The monoisotopic (exact) mass is 285 g/mol. The lowest BCUT2D eigenvalue weighted by molar-refractivity contribution is -0.137. The lowest BCUT2D eigenvalue weighted by atomic mass is 9.89. The summed E-state index contributed by atoms with van der Waals surface area (Å²) in [6.07, 6.45) is 0.448. The standard InChI is InChI=1S/C13H23N3O4/c1-9(2)16(6-4-10(17)18)12(20)15-7-5-13(3,8-15)11(14)19/h9H,4-8H2,1-3H3,(H2,14,19)(H,17,18). The molecule has 1 rings (SSSR count). The van der Waals surface area contributed by atoms with E-state index in [1.807, 2.05) is 13.8 Å². The van der Waals surface area contributed by atoms with E-state index >= 15 is 0 Å². The Bertz CT molecular complexity index is 410. The fourth-order valence-electron chi connectivity index (χ4n) is 2.30. The number of likely N-dealkylation sites (tertiary alicyclic amines) is 1. The normalized spacial score (nSPS) is 22.1. The smallest absolute Gasteiger partial charge is 0.320 e. The molecule has 3 N–H and O–H groups in total. The van der Waals surface area contributed by atoms with Gasteiger partial charge in [0, 0.05) is 25.7 Å². The van der Waals surface area contributed by atoms with Crippen molar-refractivity contribution < 1.29 is 19.5 Å². The van der Waals surface area contributed by atoms with Crippen LogP contribution in [0.5, 0.6) is 0 Å². The van der Waals surface area contributed by atoms with Crippen LogP contribution in [0.15, 0.2) is 0 Å². The van der Waals surface area contributed by atoms with E-state index in [9.17, 15) is 14.4 Å². The first-order valence-electron chi connectivity index (χ1n) is 6.74. The molecule has 0 spiro atoms. The fraction of sp³-hybridized carbons (Fsp3) is 0.769. The molecule has 0 aliphatic carbocycles. The first-order valence-corrected chi connectivity index (χ1v) is 6.74. The molecule has 3 amide bonds. The predicted octanol–water partition coefficient (Wildman–Crippen LogP) is 0.489. The van der Waals surface area contributed by atoms with Gasteiger partial charge in [0.1, 0.15) is 0 Å². The van der Waals surface area contributed by atoms with Gasteiger partial charge in [0.15, 0.2) is 0 Å². The van der Waals surface area contributed by atoms with E-state index in [1.54, 1.807) is 11.8 Å². The molecule has 114 valence electrons. The Kier molecular flexibility index (Phi) is 4.97. The summed E-state index contributed by atoms with van der Waals surface area (Å²) in [5.74, 6) is -1.35. The molecule has 0 aromatic rings. The first kappa shape index (κ1) is 16.3. The highest BCUT2D eigenvalue weighted by Crippen LogP contribution is 2.30. The molecule has 20 heavy (non-hydrogen) atoms. The van der Waals surface area contributed by atoms with Crippen molar-refractivity contribution in [2.75, 3.05) is 19.6 Å². The summed E-state index contributed by atoms with van der Waals surface area (Å²) in [5.41, 5.74) is 4.67. The van der Waals surface area contributed by atoms with Crippen LogP contribution in [-0.4, -0.2) is 58.5 Å². The fourth-order valence-corrected chi connectivity index (χ4v) is 2.30. The minimum atomic E-state index is -0.938. The van der Waals surface area contributed by atoms with Gasteiger partial charge in [0.2, 0.25) is 5.91 Å². The Morgan fingerprint density at radius 1 is 1.40 bits per heavy atom. The Balaban J connectivity index is 2.72. The van der Waals surface area contributed by atoms with Gasteiger partial charge in [-0.15, -0.1) is 0 Å². The zero-order valence-electron chi connectivity index (χ0n) is 12.3. The van der Waals surface area contributed by atoms with Crippen LogP contribution >= 0.6 is 0 Å². The number of urea groups is 1. The second-order valence-corrected chi connectivity index (χ2v) is 5.81. The summed E-state index contributed by atoms with van der Waals surface area (Å²) in [5, 5.41) is 8.73. The number of carboxylic acids is 1. The Morgan fingerprint density at radius 2 is 2.00 bits per heavy atom. The van der Waals surface area contributed by atoms with Gasteiger partial charge < -0.3 is 20.6 Å². The molecule has 1 unspecified atom stereocenters. The number of rotatable bonds is 5. The van der Waals surface area contributed by atoms with Crippen LogP contribution in [0, 0.1) is 5.41 Å². The van der Waals surface area contributed by atoms with Crippen molar-refractivity contribution in [2.45, 2.75) is 39.7 Å². The molecule has 0 saturated carbocycles. The number of carbonyl (C=O) groups excluding carboxylic acids is 2. The second kappa shape index (κ2) is 6.11. The van der Waals surface area contributed by atoms with E-state index in [0.717, 1.165) is 0 Å². The van der Waals surface area contributed by atoms with Gasteiger partial charge >= 0.3 is 12.0 Å². The van der Waals surface area contributed by atoms with Crippen LogP contribution in [0.25, 0.3) is 0 Å². The molecule has 0 bridgehead atoms. The third-order valence-electron chi connectivity index (χ3n) is 3.77. The molecule has 0 aromatic heterocycles. The Morgan fingerprint density at radius 3 is 2.40 bits per heavy atom. The number of aliphatic carboxylic acids is 1. The summed E-state index contributed by atoms with van der Waals surface area (Å²) in [7, 11) is 0. The van der Waals surface area contributed by atoms with Crippen molar-refractivity contribution in [3.63, 3.8) is 0 Å². The summed E-state index contributed by atoms with van der Waals surface area (Å²) in [4.78, 5) is 37.6. The average Bonchev–Trinajstić information content (AvgIpc) is 2.72. The van der Waals surface area contributed by atoms with Gasteiger partial charge in [-0.2, -0.15) is 0 Å². The van der Waals surface area contributed by atoms with Crippen LogP contribution in [0.3, 0.4) is 0 Å². The average molecular weight is 285 g/mol. The molecule has 7 heteroatoms. The maximum absolute atomic E-state index is 12.4. The van der Waals surface area contributed by atoms with E-state index in [1.165, 1.54) is 4.90 Å². The minimum absolute atomic E-state index is 0.0924. The SMILES string of the molecule is CC(C)N(CCC(=O)O)C(=O)N1CCC(C)(C(N)=O)C1. The second-order valence-electron chi connectivity index (χ2n) is 5.81. The number of amides is 3. The maximum atomic E-state index is 12.4. The maximum Gasteiger partial charge on any atom is 0.320 e. The van der Waals surface area contributed by atoms with Gasteiger partial charge in [0.25, 0.3) is 0 Å². The van der Waals surface area contributed by atoms with Gasteiger partial charge in [-0.1, -0.05) is 0 Å². The van der Waals surface area contributed by atoms with Crippen molar-refractivity contribution in [3.05, 3.63) is 0 Å². The lowest BCUT2D eigenvalue weighted by Gasteiger charge is -2.31. The van der Waals surface area contributed by atoms with E-state index in [4.69, 9.17) is 10.8 Å². The number of nitrogens with two attached hydrogens (primary N) is 1. The Labute approximate surface area is 118 Å². The number of carboxylic acid groups (broad SMARTS) is 1. The molecular formula is C13H23N3O4. The highest BCUT2D eigenvalue weighted by Gasteiger charge is 2.41. The highest BCUT2D eigenvalue weighted by atomic mass is 16.4. The highest BCUT2D eigenvalue weighted by molar-refractivity contribution is 5.83. The van der Waals surface area contributed by atoms with Gasteiger partial charge in [-0.25, -0.2) is 4.79 Å². The lowest BCUT2D eigenvalue weighted by Crippen LogP contribution is -2.47. The van der Waals surface area contributed by atoms with Crippen LogP contribution in [0.1, 0.15) is 33.6 Å². The van der Waals surface area contributed by atoms with E-state index in [-0.39, 0.29) is 31.6 Å². The van der Waals surface area contributed by atoms with Crippen molar-refractivity contribution in [1.29, 1.82) is 0 Å². The molecule has 0 aromatic carbocycles. The zero-order valence-corrected chi connectivity index (χ0v) is 12.3. The van der Waals surface area contributed by atoms with Crippen LogP contribution in [-0.2, 0) is 9.59 Å². The van der Waals surface area contributed by atoms with E-state index in [0.29, 0.717) is 13.0 Å². The zero-order chi connectivity index (χ0) is 15.5. The summed E-state index contributed by atoms with van der Waals surface area (Å²) in [6.45, 7) is 6.34. The molecule has 1 aliphatic rings. The minimum Gasteiger partial charge on any atom is -0.481 e. The largest absolute Gasteiger partial charge is 0.481 e. The Hall–Kier alpha value is -1.79. The van der Waals surface area contributed by atoms with Crippen LogP contribution in [0.2, 0.25) is 0 Å². The van der Waals surface area contributed by atoms with Gasteiger partial charge in [0.05, 0.1) is 11.8 Å². The van der Waals surface area contributed by atoms with E-state index in [2.05, 4.69) is 0 Å². The summed E-state index contributed by atoms with van der Waals surface area (Å²) >= 11 is 0. The van der Waals surface area contributed by atoms with Crippen molar-refractivity contribution in [2.24, 2.45) is 11.1 Å². The summed E-state index contributed by atoms with van der Waals surface area (Å²) < 4.78 is 0. The third-order valence-corrected chi connectivity index (χ3v) is 3.77. The molecule has 1 atom stereocenters. The van der Waals surface area contributed by atoms with Crippen LogP contribution < -0.4 is 5.73 Å². The molecule has 1 fully saturated rings. The quantitative estimate of drug-likeness (QED) is 0.767. The number of primary amides is 1. The summed E-state index contributed by atoms with van der Waals surface area (Å²) in [6, 6.07) is -0.325. The van der Waals surface area contributed by atoms with Crippen molar-refractivity contribution in [1.82, 2.24) is 9.80 Å².